The van der Waals surface area contributed by atoms with Crippen molar-refractivity contribution < 1.29 is 28.8 Å². The molecule has 1 fully saturated rings. The largest absolute Gasteiger partial charge is 0.475 e. The quantitative estimate of drug-likeness (QED) is 0.574. The molecule has 1 aliphatic heterocycles. The molecule has 0 bridgehead atoms. The zero-order chi connectivity index (χ0) is 21.3. The molecular formula is C20H17F2N3O4S. The Hall–Kier alpha value is -2.66. The molecule has 0 saturated carbocycles. The lowest BCUT2D eigenvalue weighted by Gasteiger charge is -2.34. The number of aromatic nitrogens is 3. The third-order valence-corrected chi connectivity index (χ3v) is 5.86. The fraction of sp³-hybridized carbons (Fsp3) is 0.250. The van der Waals surface area contributed by atoms with Gasteiger partial charge in [-0.2, -0.15) is 0 Å². The smallest absolute Gasteiger partial charge is 0.173 e. The summed E-state index contributed by atoms with van der Waals surface area (Å²) in [6.45, 7) is 0. The lowest BCUT2D eigenvalue weighted by Crippen LogP contribution is -2.50. The minimum atomic E-state index is -1.38. The molecule has 3 aromatic rings. The highest BCUT2D eigenvalue weighted by atomic mass is 32.2. The minimum Gasteiger partial charge on any atom is -0.475 e. The molecule has 0 radical (unpaired) electrons. The van der Waals surface area contributed by atoms with Crippen molar-refractivity contribution in [3.63, 3.8) is 0 Å². The van der Waals surface area contributed by atoms with E-state index < -0.39 is 35.4 Å². The molecule has 0 amide bonds. The van der Waals surface area contributed by atoms with E-state index in [1.54, 1.807) is 0 Å². The summed E-state index contributed by atoms with van der Waals surface area (Å²) in [6.07, 6.45) is 1.31. The van der Waals surface area contributed by atoms with Gasteiger partial charge in [-0.15, -0.1) is 11.8 Å². The first-order valence-corrected chi connectivity index (χ1v) is 10.0. The number of pyridine rings is 3. The van der Waals surface area contributed by atoms with Crippen LogP contribution in [0, 0.1) is 11.6 Å². The van der Waals surface area contributed by atoms with Crippen molar-refractivity contribution in [2.45, 2.75) is 23.7 Å². The topological polar surface area (TPSA) is 109 Å². The van der Waals surface area contributed by atoms with E-state index in [0.717, 1.165) is 17.8 Å². The molecular weight excluding hydrogens is 416 g/mol. The van der Waals surface area contributed by atoms with Crippen LogP contribution in [0.2, 0.25) is 0 Å². The Morgan fingerprint density at radius 3 is 2.23 bits per heavy atom. The van der Waals surface area contributed by atoms with Gasteiger partial charge in [0.2, 0.25) is 0 Å². The maximum absolute atomic E-state index is 14.5. The standard InChI is InChI=1S/C20H17F2N3O4S/c21-12-3-5-23-7-10(12)14-1-2-16(17(25-14)11-8-24-6-4-13(11)22)29-20-19(28)18(27)15(26)9-30-20/h1-8,15,18-20,26-28H,9H2/t15-,18+,19-,20-/m1/s1. The van der Waals surface area contributed by atoms with Gasteiger partial charge in [0.1, 0.15) is 35.3 Å². The maximum atomic E-state index is 14.5. The van der Waals surface area contributed by atoms with Crippen LogP contribution in [0.15, 0.2) is 49.1 Å². The van der Waals surface area contributed by atoms with Crippen molar-refractivity contribution in [3.8, 4) is 28.3 Å². The Labute approximate surface area is 174 Å². The number of thioether (sulfide) groups is 1. The molecule has 3 N–H and O–H groups in total. The molecule has 0 unspecified atom stereocenters. The van der Waals surface area contributed by atoms with Crippen molar-refractivity contribution in [3.05, 3.63) is 60.7 Å². The Bertz CT molecular complexity index is 1060. The zero-order valence-corrected chi connectivity index (χ0v) is 16.2. The first-order valence-electron chi connectivity index (χ1n) is 8.99. The van der Waals surface area contributed by atoms with Gasteiger partial charge in [0, 0.05) is 30.5 Å². The molecule has 0 aromatic carbocycles. The summed E-state index contributed by atoms with van der Waals surface area (Å²) < 4.78 is 34.5. The Morgan fingerprint density at radius 2 is 1.57 bits per heavy atom. The monoisotopic (exact) mass is 433 g/mol. The van der Waals surface area contributed by atoms with Crippen LogP contribution in [0.3, 0.4) is 0 Å². The Kier molecular flexibility index (Phi) is 5.91. The maximum Gasteiger partial charge on any atom is 0.173 e. The normalized spacial score (nSPS) is 23.9. The summed E-state index contributed by atoms with van der Waals surface area (Å²) >= 11 is 1.10. The highest BCUT2D eigenvalue weighted by molar-refractivity contribution is 7.99. The number of halogens is 2. The molecule has 0 aliphatic carbocycles. The predicted molar refractivity (Wildman–Crippen MR) is 106 cm³/mol. The summed E-state index contributed by atoms with van der Waals surface area (Å²) in [5.41, 5.74) is -0.521. The molecule has 4 rings (SSSR count). The summed E-state index contributed by atoms with van der Waals surface area (Å²) in [5.74, 6) is -0.904. The van der Waals surface area contributed by atoms with E-state index in [1.807, 2.05) is 0 Å². The van der Waals surface area contributed by atoms with Crippen molar-refractivity contribution in [2.75, 3.05) is 5.75 Å². The molecule has 0 spiro atoms. The highest BCUT2D eigenvalue weighted by Gasteiger charge is 2.39. The number of ether oxygens (including phenoxy) is 1. The van der Waals surface area contributed by atoms with Crippen LogP contribution in [0.25, 0.3) is 22.5 Å². The van der Waals surface area contributed by atoms with E-state index >= 15 is 0 Å². The van der Waals surface area contributed by atoms with Gasteiger partial charge in [-0.25, -0.2) is 13.8 Å². The fourth-order valence-corrected chi connectivity index (χ4v) is 4.12. The summed E-state index contributed by atoms with van der Waals surface area (Å²) in [4.78, 5) is 12.2. The van der Waals surface area contributed by atoms with Crippen LogP contribution in [0.1, 0.15) is 0 Å². The van der Waals surface area contributed by atoms with E-state index in [1.165, 1.54) is 43.0 Å². The van der Waals surface area contributed by atoms with E-state index in [2.05, 4.69) is 15.0 Å². The number of hydrogen-bond acceptors (Lipinski definition) is 8. The number of aliphatic hydroxyl groups excluding tert-OH is 3. The average molecular weight is 433 g/mol. The molecule has 156 valence electrons. The number of aliphatic hydroxyl groups is 3. The van der Waals surface area contributed by atoms with Gasteiger partial charge in [-0.1, -0.05) is 0 Å². The first-order chi connectivity index (χ1) is 14.5. The van der Waals surface area contributed by atoms with E-state index in [-0.39, 0.29) is 34.0 Å². The van der Waals surface area contributed by atoms with E-state index in [9.17, 15) is 24.1 Å². The average Bonchev–Trinajstić information content (AvgIpc) is 2.75. The second-order valence-electron chi connectivity index (χ2n) is 6.62. The van der Waals surface area contributed by atoms with Crippen LogP contribution < -0.4 is 4.74 Å². The molecule has 4 heterocycles. The van der Waals surface area contributed by atoms with Crippen LogP contribution in [-0.4, -0.2) is 59.8 Å². The van der Waals surface area contributed by atoms with Crippen LogP contribution in [-0.2, 0) is 0 Å². The van der Waals surface area contributed by atoms with Gasteiger partial charge in [-0.3, -0.25) is 9.97 Å². The molecule has 7 nitrogen and oxygen atoms in total. The second-order valence-corrected chi connectivity index (χ2v) is 7.75. The molecule has 3 aromatic heterocycles. The van der Waals surface area contributed by atoms with E-state index in [0.29, 0.717) is 0 Å². The van der Waals surface area contributed by atoms with Crippen molar-refractivity contribution in [1.82, 2.24) is 15.0 Å². The van der Waals surface area contributed by atoms with Gasteiger partial charge in [0.15, 0.2) is 5.44 Å². The summed E-state index contributed by atoms with van der Waals surface area (Å²) in [5, 5.41) is 29.8. The van der Waals surface area contributed by atoms with Gasteiger partial charge in [0.25, 0.3) is 0 Å². The molecule has 30 heavy (non-hydrogen) atoms. The Morgan fingerprint density at radius 1 is 0.900 bits per heavy atom. The molecule has 4 atom stereocenters. The Balaban J connectivity index is 1.77. The van der Waals surface area contributed by atoms with Crippen molar-refractivity contribution >= 4 is 11.8 Å². The van der Waals surface area contributed by atoms with Gasteiger partial charge in [-0.05, 0) is 24.3 Å². The lowest BCUT2D eigenvalue weighted by molar-refractivity contribution is -0.0785. The van der Waals surface area contributed by atoms with Gasteiger partial charge in [0.05, 0.1) is 22.9 Å². The van der Waals surface area contributed by atoms with Crippen molar-refractivity contribution in [2.24, 2.45) is 0 Å². The zero-order valence-electron chi connectivity index (χ0n) is 15.4. The lowest BCUT2D eigenvalue weighted by atomic mass is 10.1. The van der Waals surface area contributed by atoms with E-state index in [4.69, 9.17) is 4.74 Å². The van der Waals surface area contributed by atoms with Crippen LogP contribution >= 0.6 is 11.8 Å². The number of nitrogens with zero attached hydrogens (tertiary/aromatic N) is 3. The van der Waals surface area contributed by atoms with Gasteiger partial charge < -0.3 is 20.1 Å². The van der Waals surface area contributed by atoms with Crippen molar-refractivity contribution in [1.29, 1.82) is 0 Å². The predicted octanol–water partition coefficient (Wildman–Crippen LogP) is 2.02. The molecule has 10 heteroatoms. The fourth-order valence-electron chi connectivity index (χ4n) is 3.01. The first kappa shape index (κ1) is 20.6. The minimum absolute atomic E-state index is 0.0227. The number of hydrogen-bond donors (Lipinski definition) is 3. The van der Waals surface area contributed by atoms with Crippen LogP contribution in [0.5, 0.6) is 5.75 Å². The highest BCUT2D eigenvalue weighted by Crippen LogP contribution is 2.36. The summed E-state index contributed by atoms with van der Waals surface area (Å²) in [7, 11) is 0. The SMILES string of the molecule is O[C@@H]1[C@@H](O)[C@H](Oc2ccc(-c3cnccc3F)nc2-c2cnccc2F)SC[C@H]1O. The third kappa shape index (κ3) is 3.99. The second kappa shape index (κ2) is 8.60. The summed E-state index contributed by atoms with van der Waals surface area (Å²) in [6, 6.07) is 5.30. The van der Waals surface area contributed by atoms with Gasteiger partial charge >= 0.3 is 0 Å². The van der Waals surface area contributed by atoms with Crippen LogP contribution in [0.4, 0.5) is 8.78 Å². The number of rotatable bonds is 4. The molecule has 1 saturated heterocycles. The molecule has 1 aliphatic rings. The third-order valence-electron chi connectivity index (χ3n) is 4.62.